The number of carboxylic acid groups (broad SMARTS) is 1. The first-order valence-electron chi connectivity index (χ1n) is 6.71. The molecule has 1 saturated carbocycles. The van der Waals surface area contributed by atoms with Crippen LogP contribution in [0.25, 0.3) is 11.1 Å². The molecule has 0 radical (unpaired) electrons. The molecule has 0 bridgehead atoms. The third kappa shape index (κ3) is 2.24. The SMILES string of the molecule is O=C(O)C1(c2cncc(-c3cccc(C(F)F)c3F)c2)CC1. The van der Waals surface area contributed by atoms with E-state index in [1.54, 1.807) is 0 Å². The lowest BCUT2D eigenvalue weighted by Gasteiger charge is -2.12. The maximum atomic E-state index is 14.2. The van der Waals surface area contributed by atoms with Crippen LogP contribution < -0.4 is 0 Å². The highest BCUT2D eigenvalue weighted by atomic mass is 19.3. The first kappa shape index (κ1) is 14.6. The van der Waals surface area contributed by atoms with Gasteiger partial charge in [0, 0.05) is 23.5 Å². The molecule has 0 aliphatic heterocycles. The Morgan fingerprint density at radius 1 is 1.27 bits per heavy atom. The van der Waals surface area contributed by atoms with Gasteiger partial charge in [0.25, 0.3) is 6.43 Å². The molecule has 1 fully saturated rings. The predicted molar refractivity (Wildman–Crippen MR) is 73.1 cm³/mol. The summed E-state index contributed by atoms with van der Waals surface area (Å²) in [7, 11) is 0. The largest absolute Gasteiger partial charge is 0.481 e. The minimum Gasteiger partial charge on any atom is -0.481 e. The molecule has 1 aliphatic rings. The highest BCUT2D eigenvalue weighted by Gasteiger charge is 2.52. The number of nitrogens with zero attached hydrogens (tertiary/aromatic N) is 1. The molecule has 22 heavy (non-hydrogen) atoms. The van der Waals surface area contributed by atoms with Gasteiger partial charge in [0.05, 0.1) is 11.0 Å². The van der Waals surface area contributed by atoms with Crippen LogP contribution in [-0.2, 0) is 10.2 Å². The predicted octanol–water partition coefficient (Wildman–Crippen LogP) is 3.94. The normalized spacial score (nSPS) is 15.8. The van der Waals surface area contributed by atoms with Gasteiger partial charge >= 0.3 is 5.97 Å². The Balaban J connectivity index is 2.08. The van der Waals surface area contributed by atoms with E-state index >= 15 is 0 Å². The summed E-state index contributed by atoms with van der Waals surface area (Å²) >= 11 is 0. The molecule has 0 atom stereocenters. The van der Waals surface area contributed by atoms with Crippen molar-refractivity contribution in [3.05, 3.63) is 53.6 Å². The van der Waals surface area contributed by atoms with Crippen LogP contribution in [0, 0.1) is 5.82 Å². The molecule has 1 aromatic carbocycles. The van der Waals surface area contributed by atoms with Gasteiger partial charge in [0.2, 0.25) is 0 Å². The van der Waals surface area contributed by atoms with Crippen molar-refractivity contribution < 1.29 is 23.1 Å². The van der Waals surface area contributed by atoms with E-state index in [4.69, 9.17) is 0 Å². The van der Waals surface area contributed by atoms with Gasteiger partial charge in [-0.05, 0) is 24.5 Å². The molecular formula is C16H12F3NO2. The molecule has 1 N–H and O–H groups in total. The summed E-state index contributed by atoms with van der Waals surface area (Å²) in [6, 6.07) is 5.27. The van der Waals surface area contributed by atoms with Crippen molar-refractivity contribution in [2.45, 2.75) is 24.7 Å². The zero-order valence-electron chi connectivity index (χ0n) is 11.4. The third-order valence-corrected chi connectivity index (χ3v) is 4.02. The number of pyridine rings is 1. The number of hydrogen-bond acceptors (Lipinski definition) is 2. The average Bonchev–Trinajstić information content (AvgIpc) is 3.29. The number of carboxylic acids is 1. The minimum absolute atomic E-state index is 0.00617. The van der Waals surface area contributed by atoms with Crippen molar-refractivity contribution in [1.29, 1.82) is 0 Å². The molecule has 0 saturated heterocycles. The fourth-order valence-corrected chi connectivity index (χ4v) is 2.54. The van der Waals surface area contributed by atoms with E-state index in [0.717, 1.165) is 6.07 Å². The highest BCUT2D eigenvalue weighted by molar-refractivity contribution is 5.85. The Morgan fingerprint density at radius 3 is 2.59 bits per heavy atom. The van der Waals surface area contributed by atoms with Gasteiger partial charge in [-0.1, -0.05) is 18.2 Å². The number of aliphatic carboxylic acids is 1. The molecule has 3 rings (SSSR count). The fourth-order valence-electron chi connectivity index (χ4n) is 2.54. The van der Waals surface area contributed by atoms with Crippen molar-refractivity contribution in [3.8, 4) is 11.1 Å². The van der Waals surface area contributed by atoms with Crippen LogP contribution in [0.2, 0.25) is 0 Å². The van der Waals surface area contributed by atoms with Crippen LogP contribution in [0.1, 0.15) is 30.4 Å². The molecule has 0 unspecified atom stereocenters. The number of halogens is 3. The average molecular weight is 307 g/mol. The van der Waals surface area contributed by atoms with E-state index in [9.17, 15) is 23.1 Å². The Hall–Kier alpha value is -2.37. The van der Waals surface area contributed by atoms with Crippen LogP contribution in [-0.4, -0.2) is 16.1 Å². The minimum atomic E-state index is -2.91. The molecule has 0 amide bonds. The lowest BCUT2D eigenvalue weighted by molar-refractivity contribution is -0.140. The van der Waals surface area contributed by atoms with Crippen molar-refractivity contribution in [1.82, 2.24) is 4.98 Å². The summed E-state index contributed by atoms with van der Waals surface area (Å²) in [5, 5.41) is 9.29. The summed E-state index contributed by atoms with van der Waals surface area (Å²) < 4.78 is 39.7. The zero-order chi connectivity index (χ0) is 15.9. The number of carbonyl (C=O) groups is 1. The van der Waals surface area contributed by atoms with Crippen LogP contribution in [0.5, 0.6) is 0 Å². The van der Waals surface area contributed by atoms with Gasteiger partial charge in [-0.3, -0.25) is 9.78 Å². The van der Waals surface area contributed by atoms with Gasteiger partial charge in [0.15, 0.2) is 0 Å². The van der Waals surface area contributed by atoms with Crippen LogP contribution >= 0.6 is 0 Å². The maximum absolute atomic E-state index is 14.2. The lowest BCUT2D eigenvalue weighted by Crippen LogP contribution is -2.19. The standard InChI is InChI=1S/C16H12F3NO2/c17-13-11(2-1-3-12(13)14(18)19)9-6-10(8-20-7-9)16(4-5-16)15(21)22/h1-3,6-8,14H,4-5H2,(H,21,22). The van der Waals surface area contributed by atoms with E-state index in [-0.39, 0.29) is 5.56 Å². The third-order valence-electron chi connectivity index (χ3n) is 4.02. The number of benzene rings is 1. The zero-order valence-corrected chi connectivity index (χ0v) is 11.4. The summed E-state index contributed by atoms with van der Waals surface area (Å²) in [5.74, 6) is -1.95. The smallest absolute Gasteiger partial charge is 0.314 e. The van der Waals surface area contributed by atoms with Crippen LogP contribution in [0.4, 0.5) is 13.2 Å². The molecule has 114 valence electrons. The second-order valence-electron chi connectivity index (χ2n) is 5.36. The summed E-state index contributed by atoms with van der Waals surface area (Å²) in [5.41, 5.74) is -0.889. The molecule has 0 spiro atoms. The topological polar surface area (TPSA) is 50.2 Å². The molecule has 3 nitrogen and oxygen atoms in total. The molecule has 2 aromatic rings. The molecule has 1 aromatic heterocycles. The van der Waals surface area contributed by atoms with Crippen LogP contribution in [0.3, 0.4) is 0 Å². The van der Waals surface area contributed by atoms with Gasteiger partial charge in [0.1, 0.15) is 5.82 Å². The van der Waals surface area contributed by atoms with Crippen LogP contribution in [0.15, 0.2) is 36.7 Å². The van der Waals surface area contributed by atoms with Gasteiger partial charge < -0.3 is 5.11 Å². The number of aromatic nitrogens is 1. The molecule has 1 heterocycles. The lowest BCUT2D eigenvalue weighted by atomic mass is 9.94. The highest BCUT2D eigenvalue weighted by Crippen LogP contribution is 2.48. The van der Waals surface area contributed by atoms with E-state index in [1.807, 2.05) is 0 Å². The van der Waals surface area contributed by atoms with Gasteiger partial charge in [-0.25, -0.2) is 13.2 Å². The summed E-state index contributed by atoms with van der Waals surface area (Å²) in [6.07, 6.45) is 0.846. The first-order chi connectivity index (χ1) is 10.5. The molecular weight excluding hydrogens is 295 g/mol. The summed E-state index contributed by atoms with van der Waals surface area (Å²) in [6.45, 7) is 0. The fraction of sp³-hybridized carbons (Fsp3) is 0.250. The van der Waals surface area contributed by atoms with E-state index < -0.39 is 29.2 Å². The Morgan fingerprint density at radius 2 is 2.00 bits per heavy atom. The number of rotatable bonds is 4. The Bertz CT molecular complexity index is 742. The van der Waals surface area contributed by atoms with Crippen molar-refractivity contribution in [3.63, 3.8) is 0 Å². The van der Waals surface area contributed by atoms with E-state index in [0.29, 0.717) is 24.0 Å². The first-order valence-corrected chi connectivity index (χ1v) is 6.71. The van der Waals surface area contributed by atoms with E-state index in [1.165, 1.54) is 30.6 Å². The Kier molecular flexibility index (Phi) is 3.39. The molecule has 6 heteroatoms. The monoisotopic (exact) mass is 307 g/mol. The number of alkyl halides is 2. The quantitative estimate of drug-likeness (QED) is 0.930. The van der Waals surface area contributed by atoms with Gasteiger partial charge in [-0.2, -0.15) is 0 Å². The van der Waals surface area contributed by atoms with E-state index in [2.05, 4.69) is 4.98 Å². The number of hydrogen-bond donors (Lipinski definition) is 1. The summed E-state index contributed by atoms with van der Waals surface area (Å²) in [4.78, 5) is 15.3. The molecule has 1 aliphatic carbocycles. The van der Waals surface area contributed by atoms with Crippen molar-refractivity contribution >= 4 is 5.97 Å². The maximum Gasteiger partial charge on any atom is 0.314 e. The second-order valence-corrected chi connectivity index (χ2v) is 5.36. The Labute approximate surface area is 124 Å². The second kappa shape index (κ2) is 5.12. The van der Waals surface area contributed by atoms with Gasteiger partial charge in [-0.15, -0.1) is 0 Å². The van der Waals surface area contributed by atoms with Crippen molar-refractivity contribution in [2.24, 2.45) is 0 Å². The van der Waals surface area contributed by atoms with Crippen molar-refractivity contribution in [2.75, 3.05) is 0 Å².